The van der Waals surface area contributed by atoms with Crippen LogP contribution in [0.4, 0.5) is 0 Å². The minimum atomic E-state index is -0.486. The van der Waals surface area contributed by atoms with Crippen molar-refractivity contribution < 1.29 is 10.0 Å². The van der Waals surface area contributed by atoms with Gasteiger partial charge in [-0.3, -0.25) is 4.79 Å². The topological polar surface area (TPSA) is 87.7 Å². The molecule has 1 unspecified atom stereocenters. The van der Waals surface area contributed by atoms with E-state index < -0.39 is 5.92 Å². The van der Waals surface area contributed by atoms with Crippen molar-refractivity contribution in [3.8, 4) is 0 Å². The van der Waals surface area contributed by atoms with Gasteiger partial charge in [0.25, 0.3) is 0 Å². The molecule has 1 atom stereocenters. The van der Waals surface area contributed by atoms with E-state index in [4.69, 9.17) is 10.9 Å². The summed E-state index contributed by atoms with van der Waals surface area (Å²) in [6.07, 6.45) is 4.71. The summed E-state index contributed by atoms with van der Waals surface area (Å²) in [5.41, 5.74) is 5.48. The summed E-state index contributed by atoms with van der Waals surface area (Å²) in [6.45, 7) is 1.97. The molecule has 4 N–H and O–H groups in total. The molecule has 86 valence electrons. The Labute approximate surface area is 89.7 Å². The quantitative estimate of drug-likeness (QED) is 0.273. The molecule has 1 saturated carbocycles. The summed E-state index contributed by atoms with van der Waals surface area (Å²) < 4.78 is 0. The van der Waals surface area contributed by atoms with Gasteiger partial charge in [0.15, 0.2) is 5.84 Å². The number of nitrogens with two attached hydrogens (primary N) is 1. The van der Waals surface area contributed by atoms with E-state index in [-0.39, 0.29) is 11.7 Å². The maximum absolute atomic E-state index is 11.8. The molecule has 0 heterocycles. The Morgan fingerprint density at radius 2 is 2.33 bits per heavy atom. The van der Waals surface area contributed by atoms with Gasteiger partial charge in [-0.05, 0) is 25.7 Å². The molecular weight excluding hydrogens is 194 g/mol. The molecule has 5 heteroatoms. The van der Waals surface area contributed by atoms with Crippen LogP contribution in [0.5, 0.6) is 0 Å². The first kappa shape index (κ1) is 11.8. The molecule has 1 aliphatic rings. The lowest BCUT2D eigenvalue weighted by molar-refractivity contribution is -0.124. The molecule has 15 heavy (non-hydrogen) atoms. The molecule has 0 aromatic heterocycles. The molecule has 1 amide bonds. The van der Waals surface area contributed by atoms with Crippen molar-refractivity contribution in [1.82, 2.24) is 5.32 Å². The van der Waals surface area contributed by atoms with Crippen LogP contribution >= 0.6 is 0 Å². The number of rotatable bonds is 5. The van der Waals surface area contributed by atoms with Crippen molar-refractivity contribution in [2.24, 2.45) is 16.8 Å². The normalized spacial score (nSPS) is 19.4. The van der Waals surface area contributed by atoms with Gasteiger partial charge < -0.3 is 16.3 Å². The van der Waals surface area contributed by atoms with E-state index in [2.05, 4.69) is 10.5 Å². The summed E-state index contributed by atoms with van der Waals surface area (Å²) in [5, 5.41) is 14.4. The van der Waals surface area contributed by atoms with Crippen LogP contribution in [0.25, 0.3) is 0 Å². The lowest BCUT2D eigenvalue weighted by Crippen LogP contribution is -2.46. The van der Waals surface area contributed by atoms with Crippen LogP contribution in [0.15, 0.2) is 5.16 Å². The second-order valence-corrected chi connectivity index (χ2v) is 4.00. The highest BCUT2D eigenvalue weighted by Gasteiger charge is 2.26. The first-order valence-electron chi connectivity index (χ1n) is 5.46. The van der Waals surface area contributed by atoms with E-state index in [0.29, 0.717) is 12.5 Å². The first-order chi connectivity index (χ1) is 7.19. The van der Waals surface area contributed by atoms with E-state index in [0.717, 1.165) is 19.3 Å². The Morgan fingerprint density at radius 1 is 1.67 bits per heavy atom. The number of oxime groups is 1. The summed E-state index contributed by atoms with van der Waals surface area (Å²) in [6, 6.07) is 0.295. The summed E-state index contributed by atoms with van der Waals surface area (Å²) in [5.74, 6) is -0.592. The third kappa shape index (κ3) is 3.11. The lowest BCUT2D eigenvalue weighted by Gasteiger charge is -2.28. The van der Waals surface area contributed by atoms with Crippen molar-refractivity contribution in [2.45, 2.75) is 45.1 Å². The van der Waals surface area contributed by atoms with E-state index in [1.807, 2.05) is 6.92 Å². The van der Waals surface area contributed by atoms with Crippen LogP contribution in [0.2, 0.25) is 0 Å². The monoisotopic (exact) mass is 213 g/mol. The van der Waals surface area contributed by atoms with E-state index >= 15 is 0 Å². The molecule has 0 aliphatic heterocycles. The second-order valence-electron chi connectivity index (χ2n) is 4.00. The fourth-order valence-corrected chi connectivity index (χ4v) is 1.63. The largest absolute Gasteiger partial charge is 0.409 e. The smallest absolute Gasteiger partial charge is 0.231 e. The number of amides is 1. The zero-order valence-electron chi connectivity index (χ0n) is 9.07. The molecule has 0 aromatic carbocycles. The highest BCUT2D eigenvalue weighted by molar-refractivity contribution is 6.02. The molecule has 1 aliphatic carbocycles. The molecule has 0 bridgehead atoms. The maximum Gasteiger partial charge on any atom is 0.231 e. The van der Waals surface area contributed by atoms with Gasteiger partial charge in [0.1, 0.15) is 0 Å². The van der Waals surface area contributed by atoms with Crippen molar-refractivity contribution in [3.05, 3.63) is 0 Å². The Bertz CT molecular complexity index is 249. The van der Waals surface area contributed by atoms with Crippen LogP contribution in [0.3, 0.4) is 0 Å². The highest BCUT2D eigenvalue weighted by Crippen LogP contribution is 2.19. The number of carbonyl (C=O) groups excluding carboxylic acids is 1. The summed E-state index contributed by atoms with van der Waals surface area (Å²) in [7, 11) is 0. The molecule has 0 saturated heterocycles. The fourth-order valence-electron chi connectivity index (χ4n) is 1.63. The number of carbonyl (C=O) groups is 1. The lowest BCUT2D eigenvalue weighted by atomic mass is 9.92. The molecule has 1 rings (SSSR count). The Balaban J connectivity index is 2.49. The van der Waals surface area contributed by atoms with Gasteiger partial charge in [-0.1, -0.05) is 18.5 Å². The predicted molar refractivity (Wildman–Crippen MR) is 57.6 cm³/mol. The SMILES string of the molecule is CCCC(C(=O)NC1CCC1)C(N)=NO. The third-order valence-corrected chi connectivity index (χ3v) is 2.82. The molecule has 0 aromatic rings. The molecule has 5 nitrogen and oxygen atoms in total. The fraction of sp³-hybridized carbons (Fsp3) is 0.800. The van der Waals surface area contributed by atoms with Gasteiger partial charge in [-0.25, -0.2) is 0 Å². The number of nitrogens with one attached hydrogen (secondary N) is 1. The van der Waals surface area contributed by atoms with Gasteiger partial charge in [-0.2, -0.15) is 0 Å². The van der Waals surface area contributed by atoms with Crippen LogP contribution in [0.1, 0.15) is 39.0 Å². The zero-order valence-corrected chi connectivity index (χ0v) is 9.07. The van der Waals surface area contributed by atoms with Crippen LogP contribution in [-0.2, 0) is 4.79 Å². The third-order valence-electron chi connectivity index (χ3n) is 2.82. The molecule has 0 radical (unpaired) electrons. The predicted octanol–water partition coefficient (Wildman–Crippen LogP) is 0.818. The van der Waals surface area contributed by atoms with Crippen molar-refractivity contribution >= 4 is 11.7 Å². The average molecular weight is 213 g/mol. The van der Waals surface area contributed by atoms with Gasteiger partial charge in [0, 0.05) is 6.04 Å². The standard InChI is InChI=1S/C10H19N3O2/c1-2-4-8(9(11)13-15)10(14)12-7-5-3-6-7/h7-8,15H,2-6H2,1H3,(H2,11,13)(H,12,14). The molecular formula is C10H19N3O2. The Kier molecular flexibility index (Phi) is 4.39. The van der Waals surface area contributed by atoms with Crippen molar-refractivity contribution in [1.29, 1.82) is 0 Å². The molecule has 0 spiro atoms. The number of nitrogens with zero attached hydrogens (tertiary/aromatic N) is 1. The van der Waals surface area contributed by atoms with Crippen molar-refractivity contribution in [2.75, 3.05) is 0 Å². The van der Waals surface area contributed by atoms with Gasteiger partial charge in [0.2, 0.25) is 5.91 Å². The van der Waals surface area contributed by atoms with Crippen molar-refractivity contribution in [3.63, 3.8) is 0 Å². The van der Waals surface area contributed by atoms with E-state index in [1.165, 1.54) is 6.42 Å². The first-order valence-corrected chi connectivity index (χ1v) is 5.46. The number of amidine groups is 1. The minimum absolute atomic E-state index is 0.00803. The van der Waals surface area contributed by atoms with E-state index in [1.54, 1.807) is 0 Å². The molecule has 1 fully saturated rings. The van der Waals surface area contributed by atoms with Crippen LogP contribution in [0, 0.1) is 5.92 Å². The van der Waals surface area contributed by atoms with E-state index in [9.17, 15) is 4.79 Å². The zero-order chi connectivity index (χ0) is 11.3. The van der Waals surface area contributed by atoms with Gasteiger partial charge in [0.05, 0.1) is 5.92 Å². The second kappa shape index (κ2) is 5.58. The number of hydrogen-bond acceptors (Lipinski definition) is 3. The van der Waals surface area contributed by atoms with Crippen LogP contribution in [-0.4, -0.2) is 23.0 Å². The minimum Gasteiger partial charge on any atom is -0.409 e. The summed E-state index contributed by atoms with van der Waals surface area (Å²) in [4.78, 5) is 11.8. The average Bonchev–Trinajstić information content (AvgIpc) is 2.18. The van der Waals surface area contributed by atoms with Gasteiger partial charge >= 0.3 is 0 Å². The Hall–Kier alpha value is -1.26. The Morgan fingerprint density at radius 3 is 2.73 bits per heavy atom. The van der Waals surface area contributed by atoms with Crippen LogP contribution < -0.4 is 11.1 Å². The number of hydrogen-bond donors (Lipinski definition) is 3. The maximum atomic E-state index is 11.8. The summed E-state index contributed by atoms with van der Waals surface area (Å²) >= 11 is 0. The highest BCUT2D eigenvalue weighted by atomic mass is 16.4. The van der Waals surface area contributed by atoms with Gasteiger partial charge in [-0.15, -0.1) is 0 Å².